The van der Waals surface area contributed by atoms with E-state index >= 15 is 0 Å². The first-order valence-corrected chi connectivity index (χ1v) is 9.64. The topological polar surface area (TPSA) is 93.0 Å². The van der Waals surface area contributed by atoms with E-state index in [2.05, 4.69) is 26.3 Å². The summed E-state index contributed by atoms with van der Waals surface area (Å²) >= 11 is 1.41. The molecule has 1 N–H and O–H groups in total. The lowest BCUT2D eigenvalue weighted by Crippen LogP contribution is -2.07. The molecule has 3 aromatic rings. The van der Waals surface area contributed by atoms with Crippen LogP contribution in [0.25, 0.3) is 11.3 Å². The van der Waals surface area contributed by atoms with Crippen LogP contribution >= 0.6 is 11.8 Å². The molecule has 0 aliphatic heterocycles. The van der Waals surface area contributed by atoms with E-state index in [1.165, 1.54) is 11.8 Å². The second kappa shape index (κ2) is 9.06. The van der Waals surface area contributed by atoms with Crippen LogP contribution in [0.3, 0.4) is 0 Å². The predicted octanol–water partition coefficient (Wildman–Crippen LogP) is 3.76. The van der Waals surface area contributed by atoms with Gasteiger partial charge in [0.2, 0.25) is 0 Å². The highest BCUT2D eigenvalue weighted by molar-refractivity contribution is 7.98. The third kappa shape index (κ3) is 4.15. The molecule has 0 fully saturated rings. The first-order valence-electron chi connectivity index (χ1n) is 8.41. The molecule has 0 bridgehead atoms. The Morgan fingerprint density at radius 2 is 1.82 bits per heavy atom. The van der Waals surface area contributed by atoms with Crippen molar-refractivity contribution in [2.75, 3.05) is 25.8 Å². The van der Waals surface area contributed by atoms with Crippen molar-refractivity contribution in [2.45, 2.75) is 11.7 Å². The standard InChI is InChI=1S/C20H19N5O2S/c1-26-16-5-4-14(10-17(16)27-2)18-15(11-21)19(25-20(24-18)28-3)23-12-13-6-8-22-9-7-13/h4-10H,12H2,1-3H3,(H,23,24,25). The minimum absolute atomic E-state index is 0.374. The largest absolute Gasteiger partial charge is 0.493 e. The van der Waals surface area contributed by atoms with Gasteiger partial charge in [-0.2, -0.15) is 5.26 Å². The van der Waals surface area contributed by atoms with Crippen LogP contribution in [0.4, 0.5) is 5.82 Å². The number of hydrogen-bond acceptors (Lipinski definition) is 8. The molecule has 142 valence electrons. The van der Waals surface area contributed by atoms with E-state index in [9.17, 15) is 5.26 Å². The Balaban J connectivity index is 2.05. The summed E-state index contributed by atoms with van der Waals surface area (Å²) in [6.07, 6.45) is 5.35. The van der Waals surface area contributed by atoms with Gasteiger partial charge in [-0.1, -0.05) is 11.8 Å². The summed E-state index contributed by atoms with van der Waals surface area (Å²) in [5.41, 5.74) is 2.70. The van der Waals surface area contributed by atoms with E-state index < -0.39 is 0 Å². The predicted molar refractivity (Wildman–Crippen MR) is 109 cm³/mol. The third-order valence-electron chi connectivity index (χ3n) is 4.05. The van der Waals surface area contributed by atoms with Gasteiger partial charge in [-0.3, -0.25) is 4.98 Å². The van der Waals surface area contributed by atoms with Crippen LogP contribution in [0.1, 0.15) is 11.1 Å². The first-order chi connectivity index (χ1) is 13.7. The van der Waals surface area contributed by atoms with Gasteiger partial charge in [0.05, 0.1) is 19.9 Å². The minimum atomic E-state index is 0.374. The van der Waals surface area contributed by atoms with Crippen molar-refractivity contribution in [3.8, 4) is 28.8 Å². The molecule has 8 heteroatoms. The lowest BCUT2D eigenvalue weighted by molar-refractivity contribution is 0.355. The number of rotatable bonds is 7. The SMILES string of the molecule is COc1ccc(-c2nc(SC)nc(NCc3ccncc3)c2C#N)cc1OC. The van der Waals surface area contributed by atoms with E-state index in [-0.39, 0.29) is 0 Å². The van der Waals surface area contributed by atoms with Crippen molar-refractivity contribution >= 4 is 17.6 Å². The van der Waals surface area contributed by atoms with E-state index in [1.807, 2.05) is 24.5 Å². The smallest absolute Gasteiger partial charge is 0.189 e. The highest BCUT2D eigenvalue weighted by atomic mass is 32.2. The second-order valence-corrected chi connectivity index (χ2v) is 6.45. The van der Waals surface area contributed by atoms with Gasteiger partial charge in [-0.25, -0.2) is 9.97 Å². The number of methoxy groups -OCH3 is 2. The molecule has 0 unspecified atom stereocenters. The van der Waals surface area contributed by atoms with E-state index in [1.54, 1.807) is 38.7 Å². The summed E-state index contributed by atoms with van der Waals surface area (Å²) in [5, 5.41) is 13.6. The fourth-order valence-corrected chi connectivity index (χ4v) is 3.01. The molecule has 0 atom stereocenters. The van der Waals surface area contributed by atoms with E-state index in [4.69, 9.17) is 9.47 Å². The molecule has 3 rings (SSSR count). The highest BCUT2D eigenvalue weighted by Crippen LogP contribution is 2.35. The lowest BCUT2D eigenvalue weighted by Gasteiger charge is -2.14. The molecule has 0 amide bonds. The molecule has 28 heavy (non-hydrogen) atoms. The van der Waals surface area contributed by atoms with E-state index in [0.717, 1.165) is 11.1 Å². The number of benzene rings is 1. The molecule has 2 aromatic heterocycles. The summed E-state index contributed by atoms with van der Waals surface area (Å²) in [5.74, 6) is 1.67. The number of nitrogens with one attached hydrogen (secondary N) is 1. The van der Waals surface area contributed by atoms with Crippen molar-refractivity contribution in [2.24, 2.45) is 0 Å². The van der Waals surface area contributed by atoms with Crippen LogP contribution in [-0.2, 0) is 6.54 Å². The number of pyridine rings is 1. The Kier molecular flexibility index (Phi) is 6.29. The van der Waals surface area contributed by atoms with Gasteiger partial charge in [-0.05, 0) is 42.2 Å². The molecule has 2 heterocycles. The lowest BCUT2D eigenvalue weighted by atomic mass is 10.1. The van der Waals surface area contributed by atoms with Gasteiger partial charge in [0.25, 0.3) is 0 Å². The Hall–Kier alpha value is -3.31. The zero-order valence-electron chi connectivity index (χ0n) is 15.8. The first kappa shape index (κ1) is 19.5. The van der Waals surface area contributed by atoms with Crippen LogP contribution in [0.15, 0.2) is 47.9 Å². The molecule has 0 saturated carbocycles. The molecule has 0 aliphatic carbocycles. The number of thioether (sulfide) groups is 1. The van der Waals surface area contributed by atoms with Crippen molar-refractivity contribution in [1.29, 1.82) is 5.26 Å². The molecule has 0 aliphatic rings. The zero-order valence-corrected chi connectivity index (χ0v) is 16.6. The Labute approximate surface area is 167 Å². The average Bonchev–Trinajstić information content (AvgIpc) is 2.77. The van der Waals surface area contributed by atoms with Crippen molar-refractivity contribution < 1.29 is 9.47 Å². The second-order valence-electron chi connectivity index (χ2n) is 5.67. The highest BCUT2D eigenvalue weighted by Gasteiger charge is 2.17. The fourth-order valence-electron chi connectivity index (χ4n) is 2.64. The summed E-state index contributed by atoms with van der Waals surface area (Å²) in [4.78, 5) is 13.1. The Morgan fingerprint density at radius 1 is 1.07 bits per heavy atom. The zero-order chi connectivity index (χ0) is 19.9. The average molecular weight is 393 g/mol. The van der Waals surface area contributed by atoms with Crippen LogP contribution in [0, 0.1) is 11.3 Å². The fraction of sp³-hybridized carbons (Fsp3) is 0.200. The third-order valence-corrected chi connectivity index (χ3v) is 4.60. The number of nitriles is 1. The summed E-state index contributed by atoms with van der Waals surface area (Å²) in [6.45, 7) is 0.521. The maximum absolute atomic E-state index is 9.81. The number of aromatic nitrogens is 3. The number of ether oxygens (including phenoxy) is 2. The van der Waals surface area contributed by atoms with Gasteiger partial charge in [0.1, 0.15) is 17.5 Å². The van der Waals surface area contributed by atoms with Crippen LogP contribution in [0.2, 0.25) is 0 Å². The Morgan fingerprint density at radius 3 is 2.46 bits per heavy atom. The normalized spacial score (nSPS) is 10.2. The van der Waals surface area contributed by atoms with Crippen molar-refractivity contribution in [3.05, 3.63) is 53.9 Å². The number of anilines is 1. The minimum Gasteiger partial charge on any atom is -0.493 e. The van der Waals surface area contributed by atoms with Crippen LogP contribution < -0.4 is 14.8 Å². The molecule has 0 radical (unpaired) electrons. The quantitative estimate of drug-likeness (QED) is 0.479. The van der Waals surface area contributed by atoms with E-state index in [0.29, 0.717) is 40.3 Å². The van der Waals surface area contributed by atoms with Crippen molar-refractivity contribution in [1.82, 2.24) is 15.0 Å². The number of nitrogens with zero attached hydrogens (tertiary/aromatic N) is 4. The summed E-state index contributed by atoms with van der Waals surface area (Å²) in [7, 11) is 3.15. The molecular weight excluding hydrogens is 374 g/mol. The van der Waals surface area contributed by atoms with Gasteiger partial charge < -0.3 is 14.8 Å². The maximum Gasteiger partial charge on any atom is 0.189 e. The van der Waals surface area contributed by atoms with Gasteiger partial charge in [-0.15, -0.1) is 0 Å². The van der Waals surface area contributed by atoms with Crippen LogP contribution in [0.5, 0.6) is 11.5 Å². The monoisotopic (exact) mass is 393 g/mol. The molecule has 0 spiro atoms. The Bertz CT molecular complexity index is 1010. The summed E-state index contributed by atoms with van der Waals surface area (Å²) in [6, 6.07) is 11.5. The number of hydrogen-bond donors (Lipinski definition) is 1. The molecule has 1 aromatic carbocycles. The molecule has 0 saturated heterocycles. The molecular formula is C20H19N5O2S. The molecule has 7 nitrogen and oxygen atoms in total. The van der Waals surface area contributed by atoms with Gasteiger partial charge in [0, 0.05) is 24.5 Å². The van der Waals surface area contributed by atoms with Gasteiger partial charge >= 0.3 is 0 Å². The van der Waals surface area contributed by atoms with Crippen molar-refractivity contribution in [3.63, 3.8) is 0 Å². The maximum atomic E-state index is 9.81. The van der Waals surface area contributed by atoms with Crippen LogP contribution in [-0.4, -0.2) is 35.4 Å². The van der Waals surface area contributed by atoms with Gasteiger partial charge in [0.15, 0.2) is 16.7 Å². The summed E-state index contributed by atoms with van der Waals surface area (Å²) < 4.78 is 10.7.